The van der Waals surface area contributed by atoms with Crippen molar-refractivity contribution in [2.75, 3.05) is 38.2 Å². The maximum Gasteiger partial charge on any atom is 0.414 e. The van der Waals surface area contributed by atoms with Gasteiger partial charge < -0.3 is 18.9 Å². The Labute approximate surface area is 209 Å². The summed E-state index contributed by atoms with van der Waals surface area (Å²) in [6, 6.07) is 7.59. The third kappa shape index (κ3) is 3.61. The Hall–Kier alpha value is -4.11. The highest BCUT2D eigenvalue weighted by molar-refractivity contribution is 5.90. The number of pyridine rings is 1. The molecule has 190 valence electrons. The van der Waals surface area contributed by atoms with Crippen molar-refractivity contribution in [1.82, 2.24) is 15.0 Å². The number of carbonyl (C=O) groups excluding carboxylic acids is 1. The normalized spacial score (nSPS) is 26.6. The molecule has 0 spiro atoms. The first-order valence-corrected chi connectivity index (χ1v) is 11.6. The van der Waals surface area contributed by atoms with E-state index in [1.165, 1.54) is 24.6 Å². The van der Waals surface area contributed by atoms with Crippen molar-refractivity contribution in [3.05, 3.63) is 59.9 Å². The molecule has 2 aromatic heterocycles. The van der Waals surface area contributed by atoms with Gasteiger partial charge in [-0.1, -0.05) is 6.07 Å². The number of likely N-dealkylation sites (tertiary alicyclic amines) is 1. The quantitative estimate of drug-likeness (QED) is 0.463. The molecule has 4 heterocycles. The van der Waals surface area contributed by atoms with E-state index in [1.54, 1.807) is 6.07 Å². The second-order valence-electron chi connectivity index (χ2n) is 9.49. The number of piperidine rings is 1. The molecule has 1 amide bonds. The summed E-state index contributed by atoms with van der Waals surface area (Å²) >= 11 is 0. The van der Waals surface area contributed by atoms with Crippen molar-refractivity contribution < 1.29 is 32.0 Å². The molecule has 0 N–H and O–H groups in total. The summed E-state index contributed by atoms with van der Waals surface area (Å²) in [5.41, 5.74) is -1.35. The van der Waals surface area contributed by atoms with Crippen LogP contribution in [-0.2, 0) is 10.2 Å². The zero-order valence-corrected chi connectivity index (χ0v) is 19.5. The van der Waals surface area contributed by atoms with Crippen LogP contribution in [0.3, 0.4) is 0 Å². The Bertz CT molecular complexity index is 1400. The average Bonchev–Trinajstić information content (AvgIpc) is 3.38. The van der Waals surface area contributed by atoms with Crippen molar-refractivity contribution in [3.63, 3.8) is 0 Å². The molecule has 1 aromatic carbocycles. The largest absolute Gasteiger partial charge is 0.471 e. The van der Waals surface area contributed by atoms with Crippen LogP contribution in [0.5, 0.6) is 5.88 Å². The van der Waals surface area contributed by atoms with Crippen molar-refractivity contribution in [2.24, 2.45) is 11.8 Å². The number of hydrogen-bond donors (Lipinski definition) is 0. The lowest BCUT2D eigenvalue weighted by atomic mass is 9.95. The highest BCUT2D eigenvalue weighted by Crippen LogP contribution is 2.62. The number of nitrogens with zero attached hydrogens (tertiary/aromatic N) is 5. The Morgan fingerprint density at radius 1 is 1.19 bits per heavy atom. The summed E-state index contributed by atoms with van der Waals surface area (Å²) in [6.45, 7) is 1.27. The number of halogens is 3. The fourth-order valence-electron chi connectivity index (χ4n) is 5.52. The minimum absolute atomic E-state index is 0.0168. The van der Waals surface area contributed by atoms with E-state index >= 15 is 13.2 Å². The number of rotatable bonds is 6. The highest BCUT2D eigenvalue weighted by Gasteiger charge is 2.70. The summed E-state index contributed by atoms with van der Waals surface area (Å²) in [5.74, 6) is -3.44. The third-order valence-electron chi connectivity index (χ3n) is 7.36. The predicted octanol–water partition coefficient (Wildman–Crippen LogP) is 3.51. The number of fused-ring (bicyclic) bond motifs is 1. The third-order valence-corrected chi connectivity index (χ3v) is 7.36. The van der Waals surface area contributed by atoms with Crippen LogP contribution in [0.2, 0.25) is 0 Å². The van der Waals surface area contributed by atoms with Gasteiger partial charge in [-0.25, -0.2) is 18.0 Å². The molecule has 0 bridgehead atoms. The molecule has 12 heteroatoms. The standard InChI is InChI=1S/C25H20F3N5O4/c1-32-9-15-16(10-32)25(15,12-29)19-3-2-13(7-30-19)21-17(26)6-18(22(27)23(21)28)33-8-14(37-24(33)34)11-35-20-4-5-36-31-20/h2-7,14-16H,8-11H2,1H3/t14-,15-,16+,25+/m1/s1. The van der Waals surface area contributed by atoms with E-state index in [1.807, 2.05) is 7.05 Å². The second kappa shape index (κ2) is 8.48. The van der Waals surface area contributed by atoms with Crippen LogP contribution in [0.25, 0.3) is 11.1 Å². The molecule has 3 aromatic rings. The number of nitriles is 1. The van der Waals surface area contributed by atoms with Crippen molar-refractivity contribution in [2.45, 2.75) is 11.5 Å². The minimum atomic E-state index is -1.46. The number of amides is 1. The van der Waals surface area contributed by atoms with Crippen molar-refractivity contribution in [3.8, 4) is 23.1 Å². The smallest absolute Gasteiger partial charge is 0.414 e. The highest BCUT2D eigenvalue weighted by atomic mass is 19.2. The monoisotopic (exact) mass is 511 g/mol. The summed E-state index contributed by atoms with van der Waals surface area (Å²) in [6.07, 6.45) is 0.757. The molecule has 4 atom stereocenters. The SMILES string of the molecule is CN1C[C@@H]2[C@H](C1)[C@@]2(C#N)c1ccc(-c2c(F)cc(N3C[C@H](COc4ccon4)OC3=O)c(F)c2F)cn1. The Kier molecular flexibility index (Phi) is 5.34. The van der Waals surface area contributed by atoms with E-state index in [0.29, 0.717) is 5.69 Å². The lowest BCUT2D eigenvalue weighted by molar-refractivity contribution is 0.101. The molecule has 3 fully saturated rings. The van der Waals surface area contributed by atoms with Gasteiger partial charge in [0.2, 0.25) is 0 Å². The van der Waals surface area contributed by atoms with Crippen LogP contribution in [0, 0.1) is 40.6 Å². The number of aromatic nitrogens is 2. The van der Waals surface area contributed by atoms with Gasteiger partial charge in [0.1, 0.15) is 24.1 Å². The van der Waals surface area contributed by atoms with E-state index in [4.69, 9.17) is 9.47 Å². The first-order valence-electron chi connectivity index (χ1n) is 11.6. The number of anilines is 1. The maximum absolute atomic E-state index is 15.1. The molecule has 1 aliphatic carbocycles. The zero-order chi connectivity index (χ0) is 25.9. The number of carbonyl (C=O) groups is 1. The molecule has 2 saturated heterocycles. The van der Waals surface area contributed by atoms with E-state index < -0.39 is 46.3 Å². The fourth-order valence-corrected chi connectivity index (χ4v) is 5.52. The summed E-state index contributed by atoms with van der Waals surface area (Å²) in [4.78, 5) is 19.6. The van der Waals surface area contributed by atoms with E-state index in [2.05, 4.69) is 25.6 Å². The number of benzene rings is 1. The van der Waals surface area contributed by atoms with E-state index in [9.17, 15) is 10.1 Å². The molecule has 1 saturated carbocycles. The maximum atomic E-state index is 15.1. The molecule has 9 nitrogen and oxygen atoms in total. The van der Waals surface area contributed by atoms with Crippen LogP contribution in [0.4, 0.5) is 23.7 Å². The van der Waals surface area contributed by atoms with Crippen LogP contribution in [0.15, 0.2) is 41.2 Å². The molecule has 6 rings (SSSR count). The van der Waals surface area contributed by atoms with Gasteiger partial charge in [-0.2, -0.15) is 5.26 Å². The molecular formula is C25H20F3N5O4. The molecule has 0 unspecified atom stereocenters. The van der Waals surface area contributed by atoms with Crippen LogP contribution < -0.4 is 9.64 Å². The predicted molar refractivity (Wildman–Crippen MR) is 121 cm³/mol. The van der Waals surface area contributed by atoms with Gasteiger partial charge in [0.15, 0.2) is 17.7 Å². The fraction of sp³-hybridized carbons (Fsp3) is 0.360. The number of ether oxygens (including phenoxy) is 2. The average molecular weight is 511 g/mol. The van der Waals surface area contributed by atoms with Gasteiger partial charge in [0.05, 0.1) is 29.6 Å². The summed E-state index contributed by atoms with van der Waals surface area (Å²) in [7, 11) is 1.99. The summed E-state index contributed by atoms with van der Waals surface area (Å²) in [5, 5.41) is 13.4. The second-order valence-corrected chi connectivity index (χ2v) is 9.49. The van der Waals surface area contributed by atoms with E-state index in [-0.39, 0.29) is 36.4 Å². The number of hydrogen-bond acceptors (Lipinski definition) is 8. The molecule has 2 aliphatic heterocycles. The van der Waals surface area contributed by atoms with Gasteiger partial charge in [-0.15, -0.1) is 0 Å². The van der Waals surface area contributed by atoms with Gasteiger partial charge >= 0.3 is 6.09 Å². The number of cyclic esters (lactones) is 1. The minimum Gasteiger partial charge on any atom is -0.471 e. The zero-order valence-electron chi connectivity index (χ0n) is 19.5. The lowest BCUT2D eigenvalue weighted by Gasteiger charge is -2.19. The first kappa shape index (κ1) is 23.3. The van der Waals surface area contributed by atoms with Gasteiger partial charge in [-0.05, 0) is 18.3 Å². The lowest BCUT2D eigenvalue weighted by Crippen LogP contribution is -2.28. The van der Waals surface area contributed by atoms with Gasteiger partial charge in [-0.3, -0.25) is 9.88 Å². The molecular weight excluding hydrogens is 491 g/mol. The molecule has 0 radical (unpaired) electrons. The summed E-state index contributed by atoms with van der Waals surface area (Å²) < 4.78 is 60.4. The topological polar surface area (TPSA) is 105 Å². The van der Waals surface area contributed by atoms with Crippen LogP contribution in [-0.4, -0.2) is 60.5 Å². The van der Waals surface area contributed by atoms with Gasteiger partial charge in [0.25, 0.3) is 5.88 Å². The van der Waals surface area contributed by atoms with Gasteiger partial charge in [0, 0.05) is 48.8 Å². The van der Waals surface area contributed by atoms with Crippen molar-refractivity contribution in [1.29, 1.82) is 5.26 Å². The first-order chi connectivity index (χ1) is 17.8. The molecule has 3 aliphatic rings. The Morgan fingerprint density at radius 2 is 1.97 bits per heavy atom. The van der Waals surface area contributed by atoms with Crippen LogP contribution >= 0.6 is 0 Å². The van der Waals surface area contributed by atoms with Crippen molar-refractivity contribution >= 4 is 11.8 Å². The van der Waals surface area contributed by atoms with Crippen LogP contribution in [0.1, 0.15) is 5.69 Å². The molecule has 37 heavy (non-hydrogen) atoms. The van der Waals surface area contributed by atoms with E-state index in [0.717, 1.165) is 24.1 Å². The Morgan fingerprint density at radius 3 is 2.62 bits per heavy atom. The Balaban J connectivity index is 1.23.